The van der Waals surface area contributed by atoms with Gasteiger partial charge in [0.05, 0.1) is 22.7 Å². The lowest BCUT2D eigenvalue weighted by atomic mass is 10.2. The van der Waals surface area contributed by atoms with E-state index in [4.69, 9.17) is 4.74 Å². The number of benzene rings is 1. The van der Waals surface area contributed by atoms with Crippen LogP contribution in [0.1, 0.15) is 35.6 Å². The molecular formula is C18H25N3O4S. The number of sulfonamides is 1. The quantitative estimate of drug-likeness (QED) is 0.658. The summed E-state index contributed by atoms with van der Waals surface area (Å²) < 4.78 is 33.5. The fourth-order valence-electron chi connectivity index (χ4n) is 2.71. The van der Waals surface area contributed by atoms with E-state index in [0.29, 0.717) is 19.6 Å². The molecule has 2 rings (SSSR count). The number of carbonyl (C=O) groups excluding carboxylic acids is 1. The molecule has 0 fully saturated rings. The van der Waals surface area contributed by atoms with Crippen molar-refractivity contribution >= 4 is 16.0 Å². The van der Waals surface area contributed by atoms with E-state index in [1.54, 1.807) is 30.7 Å². The van der Waals surface area contributed by atoms with Gasteiger partial charge in [-0.2, -0.15) is 9.40 Å². The number of aryl methyl sites for hydroxylation is 2. The molecule has 0 radical (unpaired) electrons. The maximum Gasteiger partial charge on any atom is 0.338 e. The van der Waals surface area contributed by atoms with E-state index in [1.807, 2.05) is 19.9 Å². The molecule has 7 nitrogen and oxygen atoms in total. The number of hydrogen-bond acceptors (Lipinski definition) is 5. The van der Waals surface area contributed by atoms with Crippen molar-refractivity contribution in [2.45, 2.75) is 39.1 Å². The van der Waals surface area contributed by atoms with Gasteiger partial charge in [-0.05, 0) is 38.1 Å². The molecule has 142 valence electrons. The number of carbonyl (C=O) groups is 1. The van der Waals surface area contributed by atoms with Crippen LogP contribution in [0.4, 0.5) is 0 Å². The largest absolute Gasteiger partial charge is 0.460 e. The molecule has 1 aromatic heterocycles. The first-order chi connectivity index (χ1) is 12.3. The van der Waals surface area contributed by atoms with Gasteiger partial charge in [-0.15, -0.1) is 0 Å². The van der Waals surface area contributed by atoms with Gasteiger partial charge in [0.2, 0.25) is 10.0 Å². The van der Waals surface area contributed by atoms with Crippen molar-refractivity contribution < 1.29 is 17.9 Å². The molecule has 0 saturated heterocycles. The molecule has 0 N–H and O–H groups in total. The summed E-state index contributed by atoms with van der Waals surface area (Å²) in [6.07, 6.45) is 0. The summed E-state index contributed by atoms with van der Waals surface area (Å²) in [5.41, 5.74) is 2.11. The van der Waals surface area contributed by atoms with E-state index in [9.17, 15) is 13.2 Å². The van der Waals surface area contributed by atoms with E-state index in [-0.39, 0.29) is 17.1 Å². The van der Waals surface area contributed by atoms with Crippen molar-refractivity contribution in [1.29, 1.82) is 0 Å². The van der Waals surface area contributed by atoms with Gasteiger partial charge in [-0.1, -0.05) is 19.9 Å². The van der Waals surface area contributed by atoms with E-state index in [1.165, 1.54) is 16.4 Å². The van der Waals surface area contributed by atoms with E-state index in [0.717, 1.165) is 11.4 Å². The van der Waals surface area contributed by atoms with Gasteiger partial charge in [0.15, 0.2) is 0 Å². The van der Waals surface area contributed by atoms with E-state index < -0.39 is 16.0 Å². The van der Waals surface area contributed by atoms with E-state index >= 15 is 0 Å². The second-order valence-corrected chi connectivity index (χ2v) is 7.84. The molecule has 0 saturated carbocycles. The first-order valence-electron chi connectivity index (χ1n) is 8.58. The van der Waals surface area contributed by atoms with Crippen LogP contribution in [0.5, 0.6) is 0 Å². The van der Waals surface area contributed by atoms with Crippen molar-refractivity contribution in [3.63, 3.8) is 0 Å². The minimum Gasteiger partial charge on any atom is -0.460 e. The molecule has 0 aliphatic carbocycles. The Morgan fingerprint density at radius 1 is 1.19 bits per heavy atom. The number of esters is 1. The van der Waals surface area contributed by atoms with E-state index in [2.05, 4.69) is 5.10 Å². The van der Waals surface area contributed by atoms with Gasteiger partial charge in [0.1, 0.15) is 6.61 Å². The molecule has 0 spiro atoms. The monoisotopic (exact) mass is 379 g/mol. The highest BCUT2D eigenvalue weighted by Gasteiger charge is 2.22. The zero-order valence-electron chi connectivity index (χ0n) is 15.6. The van der Waals surface area contributed by atoms with Crippen molar-refractivity contribution in [3.05, 3.63) is 47.3 Å². The fraction of sp³-hybridized carbons (Fsp3) is 0.444. The summed E-state index contributed by atoms with van der Waals surface area (Å²) >= 11 is 0. The van der Waals surface area contributed by atoms with Crippen LogP contribution in [0.3, 0.4) is 0 Å². The molecule has 0 bridgehead atoms. The van der Waals surface area contributed by atoms with Gasteiger partial charge in [0, 0.05) is 18.8 Å². The zero-order chi connectivity index (χ0) is 19.3. The first-order valence-corrected chi connectivity index (χ1v) is 10.0. The molecule has 8 heteroatoms. The number of nitrogens with zero attached hydrogens (tertiary/aromatic N) is 3. The van der Waals surface area contributed by atoms with Gasteiger partial charge in [-0.3, -0.25) is 4.68 Å². The van der Waals surface area contributed by atoms with Crippen LogP contribution in [-0.4, -0.2) is 48.2 Å². The molecule has 2 aromatic rings. The number of hydrogen-bond donors (Lipinski definition) is 0. The SMILES string of the molecule is CCN(CC)S(=O)(=O)c1cccc(C(=O)OCCn2nc(C)cc2C)c1. The third kappa shape index (κ3) is 4.50. The van der Waals surface area contributed by atoms with Gasteiger partial charge in [0.25, 0.3) is 0 Å². The normalized spacial score (nSPS) is 11.7. The molecule has 26 heavy (non-hydrogen) atoms. The summed E-state index contributed by atoms with van der Waals surface area (Å²) in [7, 11) is -3.61. The van der Waals surface area contributed by atoms with Gasteiger partial charge >= 0.3 is 5.97 Å². The zero-order valence-corrected chi connectivity index (χ0v) is 16.4. The Bertz CT molecular complexity index is 870. The first kappa shape index (κ1) is 20.1. The standard InChI is InChI=1S/C18H25N3O4S/c1-5-20(6-2)26(23,24)17-9-7-8-16(13-17)18(22)25-11-10-21-15(4)12-14(3)19-21/h7-9,12-13H,5-6,10-11H2,1-4H3. The Hall–Kier alpha value is -2.19. The maximum absolute atomic E-state index is 12.6. The Balaban J connectivity index is 2.07. The predicted octanol–water partition coefficient (Wildman–Crippen LogP) is 2.39. The van der Waals surface area contributed by atoms with Crippen LogP contribution >= 0.6 is 0 Å². The molecule has 1 heterocycles. The van der Waals surface area contributed by atoms with Crippen molar-refractivity contribution in [1.82, 2.24) is 14.1 Å². The van der Waals surface area contributed by atoms with Crippen LogP contribution in [0, 0.1) is 13.8 Å². The van der Waals surface area contributed by atoms with Crippen LogP contribution in [0.15, 0.2) is 35.2 Å². The summed E-state index contributed by atoms with van der Waals surface area (Å²) in [4.78, 5) is 12.3. The molecule has 0 aliphatic rings. The lowest BCUT2D eigenvalue weighted by Crippen LogP contribution is -2.30. The third-order valence-electron chi connectivity index (χ3n) is 4.05. The highest BCUT2D eigenvalue weighted by Crippen LogP contribution is 2.17. The summed E-state index contributed by atoms with van der Waals surface area (Å²) in [5, 5.41) is 4.30. The van der Waals surface area contributed by atoms with Crippen LogP contribution < -0.4 is 0 Å². The molecule has 0 amide bonds. The minimum absolute atomic E-state index is 0.0918. The molecule has 1 aromatic carbocycles. The third-order valence-corrected chi connectivity index (χ3v) is 6.10. The Morgan fingerprint density at radius 3 is 2.46 bits per heavy atom. The highest BCUT2D eigenvalue weighted by atomic mass is 32.2. The van der Waals surface area contributed by atoms with Crippen LogP contribution in [-0.2, 0) is 21.3 Å². The topological polar surface area (TPSA) is 81.5 Å². The Morgan fingerprint density at radius 2 is 1.88 bits per heavy atom. The molecular weight excluding hydrogens is 354 g/mol. The average molecular weight is 379 g/mol. The minimum atomic E-state index is -3.61. The van der Waals surface area contributed by atoms with Crippen LogP contribution in [0.25, 0.3) is 0 Å². The summed E-state index contributed by atoms with van der Waals surface area (Å²) in [6.45, 7) is 8.74. The molecule has 0 atom stereocenters. The Kier molecular flexibility index (Phi) is 6.55. The average Bonchev–Trinajstić information content (AvgIpc) is 2.93. The van der Waals surface area contributed by atoms with Crippen molar-refractivity contribution in [3.8, 4) is 0 Å². The number of aromatic nitrogens is 2. The Labute approximate surface area is 154 Å². The molecule has 0 unspecified atom stereocenters. The van der Waals surface area contributed by atoms with Crippen molar-refractivity contribution in [2.75, 3.05) is 19.7 Å². The van der Waals surface area contributed by atoms with Gasteiger partial charge < -0.3 is 4.74 Å². The van der Waals surface area contributed by atoms with Gasteiger partial charge in [-0.25, -0.2) is 13.2 Å². The number of rotatable bonds is 8. The highest BCUT2D eigenvalue weighted by molar-refractivity contribution is 7.89. The second kappa shape index (κ2) is 8.46. The smallest absolute Gasteiger partial charge is 0.338 e. The lowest BCUT2D eigenvalue weighted by Gasteiger charge is -2.18. The fourth-order valence-corrected chi connectivity index (χ4v) is 4.21. The predicted molar refractivity (Wildman–Crippen MR) is 98.5 cm³/mol. The van der Waals surface area contributed by atoms with Crippen LogP contribution in [0.2, 0.25) is 0 Å². The number of ether oxygens (including phenoxy) is 1. The lowest BCUT2D eigenvalue weighted by molar-refractivity contribution is 0.0486. The van der Waals surface area contributed by atoms with Crippen molar-refractivity contribution in [2.24, 2.45) is 0 Å². The maximum atomic E-state index is 12.6. The molecule has 0 aliphatic heterocycles. The summed E-state index contributed by atoms with van der Waals surface area (Å²) in [6, 6.07) is 7.89. The second-order valence-electron chi connectivity index (χ2n) is 5.90. The summed E-state index contributed by atoms with van der Waals surface area (Å²) in [5.74, 6) is -0.553.